The maximum absolute atomic E-state index is 11.8. The lowest BCUT2D eigenvalue weighted by molar-refractivity contribution is -0.119. The van der Waals surface area contributed by atoms with E-state index in [-0.39, 0.29) is 10.7 Å². The van der Waals surface area contributed by atoms with E-state index in [1.165, 1.54) is 18.2 Å². The van der Waals surface area contributed by atoms with Crippen molar-refractivity contribution in [3.8, 4) is 0 Å². The van der Waals surface area contributed by atoms with Crippen LogP contribution in [-0.2, 0) is 14.8 Å². The van der Waals surface area contributed by atoms with Crippen molar-refractivity contribution in [1.82, 2.24) is 5.43 Å². The second-order valence-electron chi connectivity index (χ2n) is 4.46. The summed E-state index contributed by atoms with van der Waals surface area (Å²) in [5.74, 6) is -0.562. The van der Waals surface area contributed by atoms with Gasteiger partial charge in [0.25, 0.3) is 5.91 Å². The van der Waals surface area contributed by atoms with Crippen LogP contribution < -0.4 is 9.73 Å². The highest BCUT2D eigenvalue weighted by atomic mass is 35.5. The number of amides is 1. The largest absolute Gasteiger partial charge is 0.271 e. The molecule has 1 N–H and O–H groups in total. The van der Waals surface area contributed by atoms with Gasteiger partial charge in [-0.2, -0.15) is 5.10 Å². The molecule has 0 aromatic heterocycles. The zero-order valence-electron chi connectivity index (χ0n) is 11.7. The first-order chi connectivity index (χ1) is 9.61. The van der Waals surface area contributed by atoms with Crippen LogP contribution >= 0.6 is 23.2 Å². The number of nitrogens with zero attached hydrogens (tertiary/aromatic N) is 2. The van der Waals surface area contributed by atoms with Crippen LogP contribution in [0.5, 0.6) is 0 Å². The predicted molar refractivity (Wildman–Crippen MR) is 85.6 cm³/mol. The fourth-order valence-electron chi connectivity index (χ4n) is 1.38. The Morgan fingerprint density at radius 1 is 1.29 bits per heavy atom. The molecule has 1 amide bonds. The van der Waals surface area contributed by atoms with E-state index in [0.29, 0.717) is 10.7 Å². The van der Waals surface area contributed by atoms with Gasteiger partial charge in [-0.15, -0.1) is 0 Å². The SMILES string of the molecule is CC(C)=NNC(=O)CN(c1ccc(Cl)c(Cl)c1)S(C)(=O)=O. The molecule has 0 spiro atoms. The number of hydrogen-bond acceptors (Lipinski definition) is 4. The molecule has 116 valence electrons. The van der Waals surface area contributed by atoms with Gasteiger partial charge in [-0.3, -0.25) is 9.10 Å². The number of carbonyl (C=O) groups excluding carboxylic acids is 1. The Morgan fingerprint density at radius 2 is 1.90 bits per heavy atom. The van der Waals surface area contributed by atoms with Gasteiger partial charge in [0.1, 0.15) is 6.54 Å². The number of rotatable bonds is 5. The molecule has 0 aliphatic carbocycles. The standard InChI is InChI=1S/C12H15Cl2N3O3S/c1-8(2)15-16-12(18)7-17(21(3,19)20)9-4-5-10(13)11(14)6-9/h4-6H,7H2,1-3H3,(H,16,18). The lowest BCUT2D eigenvalue weighted by Gasteiger charge is -2.21. The minimum atomic E-state index is -3.66. The van der Waals surface area contributed by atoms with Crippen LogP contribution in [0.2, 0.25) is 10.0 Å². The molecule has 0 heterocycles. The van der Waals surface area contributed by atoms with Gasteiger partial charge in [-0.1, -0.05) is 23.2 Å². The van der Waals surface area contributed by atoms with Crippen molar-refractivity contribution >= 4 is 50.5 Å². The van der Waals surface area contributed by atoms with Crippen LogP contribution in [0.3, 0.4) is 0 Å². The first kappa shape index (κ1) is 17.7. The smallest absolute Gasteiger partial charge is 0.260 e. The molecule has 0 fully saturated rings. The topological polar surface area (TPSA) is 78.8 Å². The Kier molecular flexibility index (Phi) is 6.00. The second-order valence-corrected chi connectivity index (χ2v) is 7.18. The summed E-state index contributed by atoms with van der Waals surface area (Å²) in [5.41, 5.74) is 3.16. The molecule has 6 nitrogen and oxygen atoms in total. The van der Waals surface area contributed by atoms with Gasteiger partial charge in [0, 0.05) is 5.71 Å². The molecule has 0 atom stereocenters. The maximum atomic E-state index is 11.8. The van der Waals surface area contributed by atoms with Crippen LogP contribution in [0.15, 0.2) is 23.3 Å². The lowest BCUT2D eigenvalue weighted by Crippen LogP contribution is -2.39. The van der Waals surface area contributed by atoms with Crippen LogP contribution in [-0.4, -0.2) is 32.8 Å². The number of halogens is 2. The monoisotopic (exact) mass is 351 g/mol. The van der Waals surface area contributed by atoms with Crippen molar-refractivity contribution in [2.45, 2.75) is 13.8 Å². The van der Waals surface area contributed by atoms with Gasteiger partial charge in [0.2, 0.25) is 10.0 Å². The molecule has 1 rings (SSSR count). The minimum Gasteiger partial charge on any atom is -0.271 e. The third-order valence-electron chi connectivity index (χ3n) is 2.28. The number of benzene rings is 1. The van der Waals surface area contributed by atoms with E-state index in [1.54, 1.807) is 13.8 Å². The van der Waals surface area contributed by atoms with Crippen molar-refractivity contribution in [3.05, 3.63) is 28.2 Å². The molecular weight excluding hydrogens is 337 g/mol. The van der Waals surface area contributed by atoms with Crippen molar-refractivity contribution in [2.24, 2.45) is 5.10 Å². The molecule has 0 unspecified atom stereocenters. The maximum Gasteiger partial charge on any atom is 0.260 e. The van der Waals surface area contributed by atoms with E-state index in [0.717, 1.165) is 10.6 Å². The molecule has 0 saturated carbocycles. The third-order valence-corrected chi connectivity index (χ3v) is 4.16. The Labute approximate surface area is 133 Å². The molecule has 0 aliphatic heterocycles. The van der Waals surface area contributed by atoms with Crippen molar-refractivity contribution < 1.29 is 13.2 Å². The molecule has 0 radical (unpaired) electrons. The third kappa shape index (κ3) is 5.53. The first-order valence-electron chi connectivity index (χ1n) is 5.83. The van der Waals surface area contributed by atoms with E-state index in [1.807, 2.05) is 0 Å². The quantitative estimate of drug-likeness (QED) is 0.652. The molecule has 0 bridgehead atoms. The summed E-state index contributed by atoms with van der Waals surface area (Å²) < 4.78 is 24.6. The molecule has 1 aromatic rings. The van der Waals surface area contributed by atoms with Crippen LogP contribution in [0.1, 0.15) is 13.8 Å². The number of anilines is 1. The fraction of sp³-hybridized carbons (Fsp3) is 0.333. The highest BCUT2D eigenvalue weighted by Crippen LogP contribution is 2.28. The molecule has 21 heavy (non-hydrogen) atoms. The summed E-state index contributed by atoms with van der Waals surface area (Å²) in [5, 5.41) is 4.23. The average molecular weight is 352 g/mol. The number of hydrazone groups is 1. The van der Waals surface area contributed by atoms with Gasteiger partial charge >= 0.3 is 0 Å². The fourth-order valence-corrected chi connectivity index (χ4v) is 2.52. The number of sulfonamides is 1. The van der Waals surface area contributed by atoms with Gasteiger partial charge < -0.3 is 0 Å². The normalized spacial score (nSPS) is 10.9. The predicted octanol–water partition coefficient (Wildman–Crippen LogP) is 2.27. The van der Waals surface area contributed by atoms with Crippen LogP contribution in [0, 0.1) is 0 Å². The van der Waals surface area contributed by atoms with Gasteiger partial charge in [0.15, 0.2) is 0 Å². The number of carbonyl (C=O) groups is 1. The minimum absolute atomic E-state index is 0.200. The average Bonchev–Trinajstić information content (AvgIpc) is 2.35. The summed E-state index contributed by atoms with van der Waals surface area (Å²) in [6.45, 7) is 2.99. The molecule has 0 aliphatic rings. The summed E-state index contributed by atoms with van der Waals surface area (Å²) in [4.78, 5) is 11.7. The van der Waals surface area contributed by atoms with E-state index >= 15 is 0 Å². The van der Waals surface area contributed by atoms with Crippen molar-refractivity contribution in [2.75, 3.05) is 17.1 Å². The Hall–Kier alpha value is -1.31. The van der Waals surface area contributed by atoms with Gasteiger partial charge in [-0.05, 0) is 32.0 Å². The van der Waals surface area contributed by atoms with E-state index in [4.69, 9.17) is 23.2 Å². The van der Waals surface area contributed by atoms with Crippen LogP contribution in [0.25, 0.3) is 0 Å². The van der Waals surface area contributed by atoms with E-state index in [9.17, 15) is 13.2 Å². The lowest BCUT2D eigenvalue weighted by atomic mass is 10.3. The summed E-state index contributed by atoms with van der Waals surface area (Å²) in [7, 11) is -3.66. The second kappa shape index (κ2) is 7.11. The van der Waals surface area contributed by atoms with E-state index < -0.39 is 22.5 Å². The molecular formula is C12H15Cl2N3O3S. The zero-order chi connectivity index (χ0) is 16.2. The van der Waals surface area contributed by atoms with Crippen LogP contribution in [0.4, 0.5) is 5.69 Å². The molecule has 1 aromatic carbocycles. The van der Waals surface area contributed by atoms with E-state index in [2.05, 4.69) is 10.5 Å². The first-order valence-corrected chi connectivity index (χ1v) is 8.44. The Morgan fingerprint density at radius 3 is 2.38 bits per heavy atom. The highest BCUT2D eigenvalue weighted by molar-refractivity contribution is 7.92. The highest BCUT2D eigenvalue weighted by Gasteiger charge is 2.21. The molecule has 0 saturated heterocycles. The Bertz CT molecular complexity index is 670. The number of hydrogen-bond donors (Lipinski definition) is 1. The number of nitrogens with one attached hydrogen (secondary N) is 1. The summed E-state index contributed by atoms with van der Waals surface area (Å²) in [6.07, 6.45) is 0.997. The molecule has 9 heteroatoms. The summed E-state index contributed by atoms with van der Waals surface area (Å²) >= 11 is 11.7. The van der Waals surface area contributed by atoms with Gasteiger partial charge in [0.05, 0.1) is 22.0 Å². The van der Waals surface area contributed by atoms with Crippen molar-refractivity contribution in [1.29, 1.82) is 0 Å². The zero-order valence-corrected chi connectivity index (χ0v) is 14.1. The summed E-state index contributed by atoms with van der Waals surface area (Å²) in [6, 6.07) is 4.31. The van der Waals surface area contributed by atoms with Gasteiger partial charge in [-0.25, -0.2) is 13.8 Å². The Balaban J connectivity index is 3.05. The van der Waals surface area contributed by atoms with Crippen molar-refractivity contribution in [3.63, 3.8) is 0 Å².